The van der Waals surface area contributed by atoms with Gasteiger partial charge in [0.1, 0.15) is 6.04 Å². The molecule has 0 aliphatic carbocycles. The average molecular weight is 410 g/mol. The number of aliphatic carboxylic acids is 1. The Morgan fingerprint density at radius 2 is 1.55 bits per heavy atom. The second-order valence-electron chi connectivity index (χ2n) is 7.34. The monoisotopic (exact) mass is 409 g/mol. The minimum atomic E-state index is -1.12. The highest BCUT2D eigenvalue weighted by molar-refractivity contribution is 5.94. The third kappa shape index (κ3) is 12.6. The average Bonchev–Trinajstić information content (AvgIpc) is 2.65. The smallest absolute Gasteiger partial charge is 0.326 e. The fourth-order valence-corrected chi connectivity index (χ4v) is 2.53. The van der Waals surface area contributed by atoms with Crippen LogP contribution < -0.4 is 16.4 Å². The number of ketones is 1. The van der Waals surface area contributed by atoms with Crippen molar-refractivity contribution in [2.45, 2.75) is 77.3 Å². The van der Waals surface area contributed by atoms with E-state index in [0.717, 1.165) is 6.42 Å². The molecule has 0 saturated heterocycles. The number of nitrogens with two attached hydrogens (primary N) is 1. The van der Waals surface area contributed by atoms with Crippen LogP contribution in [-0.2, 0) is 19.2 Å². The molecule has 8 heteroatoms. The first-order chi connectivity index (χ1) is 13.6. The second-order valence-corrected chi connectivity index (χ2v) is 7.34. The van der Waals surface area contributed by atoms with E-state index < -0.39 is 24.0 Å². The molecule has 0 saturated carbocycles. The van der Waals surface area contributed by atoms with Crippen LogP contribution in [0.4, 0.5) is 0 Å². The number of amides is 2. The highest BCUT2D eigenvalue weighted by atomic mass is 16.4. The van der Waals surface area contributed by atoms with E-state index in [9.17, 15) is 24.3 Å². The van der Waals surface area contributed by atoms with Crippen molar-refractivity contribution in [3.8, 4) is 0 Å². The maximum absolute atomic E-state index is 12.1. The van der Waals surface area contributed by atoms with Gasteiger partial charge in [0.15, 0.2) is 5.78 Å². The van der Waals surface area contributed by atoms with E-state index in [4.69, 9.17) is 5.73 Å². The van der Waals surface area contributed by atoms with E-state index in [0.29, 0.717) is 56.2 Å². The van der Waals surface area contributed by atoms with E-state index >= 15 is 0 Å². The van der Waals surface area contributed by atoms with Crippen LogP contribution >= 0.6 is 0 Å². The number of carboxylic acids is 1. The minimum Gasteiger partial charge on any atom is -0.480 e. The van der Waals surface area contributed by atoms with Crippen LogP contribution in [0.1, 0.15) is 65.2 Å². The molecular weight excluding hydrogens is 374 g/mol. The molecular formula is C21H35N3O5. The van der Waals surface area contributed by atoms with Gasteiger partial charge in [-0.1, -0.05) is 26.0 Å². The van der Waals surface area contributed by atoms with Crippen molar-refractivity contribution in [1.82, 2.24) is 10.6 Å². The van der Waals surface area contributed by atoms with Crippen LogP contribution in [0.5, 0.6) is 0 Å². The lowest BCUT2D eigenvalue weighted by Crippen LogP contribution is -2.48. The van der Waals surface area contributed by atoms with Crippen LogP contribution in [0.3, 0.4) is 0 Å². The van der Waals surface area contributed by atoms with Gasteiger partial charge in [-0.25, -0.2) is 4.79 Å². The first-order valence-corrected chi connectivity index (χ1v) is 9.97. The van der Waals surface area contributed by atoms with Crippen molar-refractivity contribution in [2.75, 3.05) is 6.54 Å². The third-order valence-corrected chi connectivity index (χ3v) is 4.44. The van der Waals surface area contributed by atoms with Gasteiger partial charge < -0.3 is 21.5 Å². The fraction of sp³-hybridized carbons (Fsp3) is 0.619. The van der Waals surface area contributed by atoms with Gasteiger partial charge in [-0.3, -0.25) is 14.4 Å². The molecule has 0 rings (SSSR count). The number of unbranched alkanes of at least 4 members (excludes halogenated alkanes) is 3. The van der Waals surface area contributed by atoms with Gasteiger partial charge >= 0.3 is 5.97 Å². The summed E-state index contributed by atoms with van der Waals surface area (Å²) in [4.78, 5) is 46.3. The quantitative estimate of drug-likeness (QED) is 0.227. The first-order valence-electron chi connectivity index (χ1n) is 9.97. The van der Waals surface area contributed by atoms with Gasteiger partial charge in [-0.2, -0.15) is 0 Å². The van der Waals surface area contributed by atoms with Crippen molar-refractivity contribution in [3.63, 3.8) is 0 Å². The number of carbonyl (C=O) groups is 4. The van der Waals surface area contributed by atoms with Crippen molar-refractivity contribution in [3.05, 3.63) is 24.3 Å². The molecule has 0 aliphatic heterocycles. The van der Waals surface area contributed by atoms with Crippen molar-refractivity contribution < 1.29 is 24.3 Å². The van der Waals surface area contributed by atoms with Gasteiger partial charge in [-0.05, 0) is 51.5 Å². The lowest BCUT2D eigenvalue weighted by atomic mass is 10.0. The van der Waals surface area contributed by atoms with E-state index in [1.807, 2.05) is 0 Å². The van der Waals surface area contributed by atoms with Crippen molar-refractivity contribution in [1.29, 1.82) is 0 Å². The molecule has 0 bridgehead atoms. The zero-order valence-electron chi connectivity index (χ0n) is 17.6. The summed E-state index contributed by atoms with van der Waals surface area (Å²) in [5.41, 5.74) is 6.81. The predicted octanol–water partition coefficient (Wildman–Crippen LogP) is 1.84. The summed E-state index contributed by atoms with van der Waals surface area (Å²) >= 11 is 0. The summed E-state index contributed by atoms with van der Waals surface area (Å²) in [6, 6.07) is -1.80. The van der Waals surface area contributed by atoms with Crippen LogP contribution in [0.25, 0.3) is 0 Å². The Hall–Kier alpha value is -2.48. The number of Topliss-reactive ketones (excluding diaryl/α,β-unsaturated/α-hetero) is 1. The van der Waals surface area contributed by atoms with Gasteiger partial charge in [0, 0.05) is 18.5 Å². The third-order valence-electron chi connectivity index (χ3n) is 4.44. The zero-order valence-corrected chi connectivity index (χ0v) is 17.6. The topological polar surface area (TPSA) is 139 Å². The predicted molar refractivity (Wildman–Crippen MR) is 112 cm³/mol. The highest BCUT2D eigenvalue weighted by Gasteiger charge is 2.22. The minimum absolute atomic E-state index is 0.0375. The van der Waals surface area contributed by atoms with Crippen molar-refractivity contribution >= 4 is 23.6 Å². The molecule has 2 atom stereocenters. The normalized spacial score (nSPS) is 12.5. The van der Waals surface area contributed by atoms with Crippen LogP contribution in [0, 0.1) is 0 Å². The molecule has 1 unspecified atom stereocenters. The molecule has 0 radical (unpaired) electrons. The molecule has 0 aliphatic rings. The first kappa shape index (κ1) is 26.5. The maximum atomic E-state index is 12.1. The number of rotatable bonds is 16. The summed E-state index contributed by atoms with van der Waals surface area (Å²) in [7, 11) is 0. The van der Waals surface area contributed by atoms with E-state index in [1.54, 1.807) is 13.8 Å². The van der Waals surface area contributed by atoms with Gasteiger partial charge in [0.05, 0.1) is 6.04 Å². The molecule has 0 aromatic carbocycles. The molecule has 0 fully saturated rings. The molecule has 0 aromatic rings. The van der Waals surface area contributed by atoms with Crippen molar-refractivity contribution in [2.24, 2.45) is 5.73 Å². The molecule has 0 aromatic heterocycles. The highest BCUT2D eigenvalue weighted by Crippen LogP contribution is 2.08. The van der Waals surface area contributed by atoms with E-state index in [-0.39, 0.29) is 18.1 Å². The Morgan fingerprint density at radius 3 is 2.10 bits per heavy atom. The van der Waals surface area contributed by atoms with Crippen LogP contribution in [0.2, 0.25) is 0 Å². The molecule has 8 nitrogen and oxygen atoms in total. The number of hydrogen-bond acceptors (Lipinski definition) is 5. The summed E-state index contributed by atoms with van der Waals surface area (Å²) < 4.78 is 0. The van der Waals surface area contributed by atoms with Crippen LogP contribution in [0.15, 0.2) is 24.3 Å². The summed E-state index contributed by atoms with van der Waals surface area (Å²) in [6.45, 7) is 10.8. The molecule has 2 amide bonds. The summed E-state index contributed by atoms with van der Waals surface area (Å²) in [5.74, 6) is -1.81. The maximum Gasteiger partial charge on any atom is 0.326 e. The van der Waals surface area contributed by atoms with E-state index in [1.165, 1.54) is 0 Å². The fourth-order valence-electron chi connectivity index (χ4n) is 2.53. The number of carbonyl (C=O) groups excluding carboxylic acids is 3. The molecule has 164 valence electrons. The summed E-state index contributed by atoms with van der Waals surface area (Å²) in [5, 5.41) is 14.4. The summed E-state index contributed by atoms with van der Waals surface area (Å²) in [6.07, 6.45) is 4.38. The number of nitrogens with one attached hydrogen (secondary N) is 2. The van der Waals surface area contributed by atoms with E-state index in [2.05, 4.69) is 23.8 Å². The van der Waals surface area contributed by atoms with Gasteiger partial charge in [0.2, 0.25) is 11.8 Å². The lowest BCUT2D eigenvalue weighted by Gasteiger charge is -2.18. The second kappa shape index (κ2) is 14.5. The number of allylic oxidation sites excluding steroid dienone is 1. The Bertz CT molecular complexity index is 615. The number of carboxylic acid groups (broad SMARTS) is 1. The SMILES string of the molecule is C=C(C)C(=O)CCCCC[C@H](N)C(=O)NC(CCCCNC(=O)C(=C)C)C(=O)O. The molecule has 5 N–H and O–H groups in total. The molecule has 29 heavy (non-hydrogen) atoms. The lowest BCUT2D eigenvalue weighted by molar-refractivity contribution is -0.142. The molecule has 0 spiro atoms. The Balaban J connectivity index is 4.13. The Labute approximate surface area is 173 Å². The van der Waals surface area contributed by atoms with Crippen LogP contribution in [-0.4, -0.2) is 47.3 Å². The number of hydrogen-bond donors (Lipinski definition) is 4. The van der Waals surface area contributed by atoms with Gasteiger partial charge in [0.25, 0.3) is 0 Å². The zero-order chi connectivity index (χ0) is 22.4. The Morgan fingerprint density at radius 1 is 0.931 bits per heavy atom. The molecule has 0 heterocycles. The standard InChI is InChI=1S/C21H35N3O5/c1-14(2)18(25)12-7-5-6-10-16(22)20(27)24-17(21(28)29)11-8-9-13-23-19(26)15(3)4/h16-17H,1,3,5-13,22H2,2,4H3,(H,23,26)(H,24,27)(H,28,29)/t16-,17?/m0/s1. The largest absolute Gasteiger partial charge is 0.480 e. The Kier molecular flexibility index (Phi) is 13.3. The van der Waals surface area contributed by atoms with Gasteiger partial charge in [-0.15, -0.1) is 0 Å².